The van der Waals surface area contributed by atoms with Crippen LogP contribution in [-0.4, -0.2) is 11.6 Å². The van der Waals surface area contributed by atoms with Crippen molar-refractivity contribution in [1.82, 2.24) is 0 Å². The van der Waals surface area contributed by atoms with Crippen molar-refractivity contribution in [2.45, 2.75) is 18.0 Å². The number of nitrogens with two attached hydrogens (primary N) is 1. The Morgan fingerprint density at radius 1 is 1.37 bits per heavy atom. The summed E-state index contributed by atoms with van der Waals surface area (Å²) in [6.07, 6.45) is 5.91. The summed E-state index contributed by atoms with van der Waals surface area (Å²) in [4.78, 5) is 10.5. The summed E-state index contributed by atoms with van der Waals surface area (Å²) in [6, 6.07) is 5.12. The maximum absolute atomic E-state index is 14.3. The zero-order valence-corrected chi connectivity index (χ0v) is 11.5. The molecule has 1 aromatic carbocycles. The Kier molecular flexibility index (Phi) is 3.97. The Bertz CT molecular complexity index is 571. The molecule has 1 aliphatic carbocycles. The molecule has 1 saturated carbocycles. The van der Waals surface area contributed by atoms with Crippen molar-refractivity contribution < 1.29 is 9.18 Å². The Labute approximate surface area is 120 Å². The van der Waals surface area contributed by atoms with Gasteiger partial charge in [-0.05, 0) is 30.2 Å². The maximum Gasteiger partial charge on any atom is 0.241 e. The van der Waals surface area contributed by atoms with Crippen LogP contribution in [0.5, 0.6) is 0 Å². The van der Waals surface area contributed by atoms with E-state index >= 15 is 0 Å². The van der Waals surface area contributed by atoms with Gasteiger partial charge < -0.3 is 5.73 Å². The smallest absolute Gasteiger partial charge is 0.241 e. The maximum atomic E-state index is 14.3. The first-order chi connectivity index (χ1) is 8.92. The van der Waals surface area contributed by atoms with Gasteiger partial charge in [-0.3, -0.25) is 4.79 Å². The van der Waals surface area contributed by atoms with Gasteiger partial charge in [-0.2, -0.15) is 0 Å². The lowest BCUT2D eigenvalue weighted by atomic mass is 10.1. The second-order valence-corrected chi connectivity index (χ2v) is 5.29. The van der Waals surface area contributed by atoms with Gasteiger partial charge in [-0.25, -0.2) is 4.39 Å². The number of rotatable bonds is 4. The second kappa shape index (κ2) is 5.35. The van der Waals surface area contributed by atoms with Crippen LogP contribution < -0.4 is 5.73 Å². The molecular formula is C14H12Cl2FNO. The molecule has 0 saturated heterocycles. The lowest BCUT2D eigenvalue weighted by Gasteiger charge is -2.04. The van der Waals surface area contributed by atoms with Crippen molar-refractivity contribution in [2.24, 2.45) is 5.73 Å². The number of carbonyl (C=O) groups is 1. The van der Waals surface area contributed by atoms with Crippen LogP contribution in [0, 0.1) is 0 Å². The standard InChI is InChI=1S/C14H12Cl2FNO/c15-11-5-4-9(7-12(11)16)10-8-14(10,17)6-2-1-3-13(18)19/h1-7,10H,8H2,(H2,18,19)/t10-,14?/m1/s1. The summed E-state index contributed by atoms with van der Waals surface area (Å²) in [6.45, 7) is 0. The van der Waals surface area contributed by atoms with Crippen molar-refractivity contribution in [3.8, 4) is 0 Å². The predicted molar refractivity (Wildman–Crippen MR) is 75.1 cm³/mol. The summed E-state index contributed by atoms with van der Waals surface area (Å²) < 4.78 is 14.3. The SMILES string of the molecule is NC(=O)C=CC=CC1(F)C[C@@H]1c1ccc(Cl)c(Cl)c1. The first-order valence-corrected chi connectivity index (χ1v) is 6.47. The summed E-state index contributed by atoms with van der Waals surface area (Å²) in [5, 5.41) is 0.876. The summed E-state index contributed by atoms with van der Waals surface area (Å²) in [5.41, 5.74) is 4.36. The molecule has 2 rings (SSSR count). The minimum Gasteiger partial charge on any atom is -0.366 e. The van der Waals surface area contributed by atoms with Crippen LogP contribution in [0.25, 0.3) is 0 Å². The molecule has 0 bridgehead atoms. The normalized spacial score (nSPS) is 26.2. The number of amides is 1. The molecule has 1 aliphatic rings. The van der Waals surface area contributed by atoms with E-state index in [2.05, 4.69) is 0 Å². The molecule has 100 valence electrons. The van der Waals surface area contributed by atoms with E-state index < -0.39 is 11.6 Å². The summed E-state index contributed by atoms with van der Waals surface area (Å²) in [7, 11) is 0. The first-order valence-electron chi connectivity index (χ1n) is 5.71. The fourth-order valence-electron chi connectivity index (χ4n) is 1.93. The van der Waals surface area contributed by atoms with Gasteiger partial charge in [0, 0.05) is 12.0 Å². The zero-order chi connectivity index (χ0) is 14.0. The van der Waals surface area contributed by atoms with Crippen molar-refractivity contribution in [1.29, 1.82) is 0 Å². The van der Waals surface area contributed by atoms with Crippen molar-refractivity contribution in [3.05, 3.63) is 58.1 Å². The number of benzene rings is 1. The van der Waals surface area contributed by atoms with Crippen LogP contribution in [0.1, 0.15) is 17.9 Å². The monoisotopic (exact) mass is 299 g/mol. The average molecular weight is 300 g/mol. The highest BCUT2D eigenvalue weighted by Crippen LogP contribution is 2.56. The first kappa shape index (κ1) is 14.1. The van der Waals surface area contributed by atoms with Crippen molar-refractivity contribution in [2.75, 3.05) is 0 Å². The third-order valence-corrected chi connectivity index (χ3v) is 3.77. The number of halogens is 3. The number of primary amides is 1. The topological polar surface area (TPSA) is 43.1 Å². The molecule has 1 fully saturated rings. The fraction of sp³-hybridized carbons (Fsp3) is 0.214. The van der Waals surface area contributed by atoms with Gasteiger partial charge in [0.15, 0.2) is 0 Å². The van der Waals surface area contributed by atoms with Gasteiger partial charge >= 0.3 is 0 Å². The molecular weight excluding hydrogens is 288 g/mol. The van der Waals surface area contributed by atoms with Gasteiger partial charge in [0.05, 0.1) is 10.0 Å². The Hall–Kier alpha value is -1.32. The van der Waals surface area contributed by atoms with E-state index in [1.54, 1.807) is 18.2 Å². The minimum absolute atomic E-state index is 0.222. The molecule has 0 aromatic heterocycles. The van der Waals surface area contributed by atoms with E-state index in [9.17, 15) is 9.18 Å². The van der Waals surface area contributed by atoms with E-state index in [1.165, 1.54) is 24.3 Å². The zero-order valence-electron chi connectivity index (χ0n) is 9.95. The third-order valence-electron chi connectivity index (χ3n) is 3.03. The lowest BCUT2D eigenvalue weighted by molar-refractivity contribution is -0.113. The van der Waals surface area contributed by atoms with Gasteiger partial charge in [0.25, 0.3) is 0 Å². The quantitative estimate of drug-likeness (QED) is 0.667. The van der Waals surface area contributed by atoms with Crippen LogP contribution >= 0.6 is 23.2 Å². The predicted octanol–water partition coefficient (Wildman–Crippen LogP) is 3.79. The second-order valence-electron chi connectivity index (χ2n) is 4.48. The van der Waals surface area contributed by atoms with Crippen molar-refractivity contribution in [3.63, 3.8) is 0 Å². The average Bonchev–Trinajstić information content (AvgIpc) is 3.01. The van der Waals surface area contributed by atoms with Gasteiger partial charge in [-0.15, -0.1) is 0 Å². The highest BCUT2D eigenvalue weighted by Gasteiger charge is 2.54. The molecule has 0 radical (unpaired) electrons. The molecule has 1 unspecified atom stereocenters. The van der Waals surface area contributed by atoms with Gasteiger partial charge in [0.2, 0.25) is 5.91 Å². The molecule has 2 N–H and O–H groups in total. The number of alkyl halides is 1. The van der Waals surface area contributed by atoms with Gasteiger partial charge in [0.1, 0.15) is 5.67 Å². The number of allylic oxidation sites excluding steroid dienone is 3. The van der Waals surface area contributed by atoms with E-state index in [1.807, 2.05) is 0 Å². The molecule has 1 amide bonds. The fourth-order valence-corrected chi connectivity index (χ4v) is 2.23. The van der Waals surface area contributed by atoms with E-state index in [0.29, 0.717) is 16.5 Å². The Balaban J connectivity index is 2.06. The number of carbonyl (C=O) groups excluding carboxylic acids is 1. The molecule has 19 heavy (non-hydrogen) atoms. The van der Waals surface area contributed by atoms with E-state index in [0.717, 1.165) is 5.56 Å². The van der Waals surface area contributed by atoms with E-state index in [-0.39, 0.29) is 5.92 Å². The molecule has 0 heterocycles. The van der Waals surface area contributed by atoms with Crippen LogP contribution in [-0.2, 0) is 4.79 Å². The highest BCUT2D eigenvalue weighted by atomic mass is 35.5. The lowest BCUT2D eigenvalue weighted by Crippen LogP contribution is -2.05. The van der Waals surface area contributed by atoms with Gasteiger partial charge in [-0.1, -0.05) is 41.4 Å². The molecule has 0 aliphatic heterocycles. The molecule has 2 nitrogen and oxygen atoms in total. The summed E-state index contributed by atoms with van der Waals surface area (Å²) in [5.74, 6) is -0.783. The third kappa shape index (κ3) is 3.37. The van der Waals surface area contributed by atoms with Crippen LogP contribution in [0.4, 0.5) is 4.39 Å². The summed E-state index contributed by atoms with van der Waals surface area (Å²) >= 11 is 11.7. The van der Waals surface area contributed by atoms with E-state index in [4.69, 9.17) is 28.9 Å². The number of hydrogen-bond acceptors (Lipinski definition) is 1. The molecule has 1 aromatic rings. The molecule has 2 atom stereocenters. The minimum atomic E-state index is -1.39. The highest BCUT2D eigenvalue weighted by molar-refractivity contribution is 6.42. The van der Waals surface area contributed by atoms with Crippen LogP contribution in [0.2, 0.25) is 10.0 Å². The molecule has 5 heteroatoms. The van der Waals surface area contributed by atoms with Crippen molar-refractivity contribution >= 4 is 29.1 Å². The van der Waals surface area contributed by atoms with Crippen LogP contribution in [0.3, 0.4) is 0 Å². The Morgan fingerprint density at radius 2 is 2.11 bits per heavy atom. The van der Waals surface area contributed by atoms with Crippen LogP contribution in [0.15, 0.2) is 42.5 Å². The Morgan fingerprint density at radius 3 is 2.74 bits per heavy atom. The number of hydrogen-bond donors (Lipinski definition) is 1. The molecule has 0 spiro atoms. The largest absolute Gasteiger partial charge is 0.366 e.